The van der Waals surface area contributed by atoms with Crippen molar-refractivity contribution in [3.05, 3.63) is 82.7 Å². The highest BCUT2D eigenvalue weighted by Gasteiger charge is 2.63. The summed E-state index contributed by atoms with van der Waals surface area (Å²) in [6.07, 6.45) is 4.68. The third kappa shape index (κ3) is 3.67. The molecular weight excluding hydrogens is 488 g/mol. The Morgan fingerprint density at radius 3 is 1.94 bits per heavy atom. The fourth-order valence-electron chi connectivity index (χ4n) is 5.29. The average molecular weight is 519 g/mol. The van der Waals surface area contributed by atoms with Crippen molar-refractivity contribution in [3.8, 4) is 0 Å². The summed E-state index contributed by atoms with van der Waals surface area (Å²) in [5.74, 6) is 0.153. The molecule has 0 bridgehead atoms. The summed E-state index contributed by atoms with van der Waals surface area (Å²) in [5.41, 5.74) is 2.13. The second-order valence-electron chi connectivity index (χ2n) is 9.48. The Bertz CT molecular complexity index is 1240. The van der Waals surface area contributed by atoms with Gasteiger partial charge >= 0.3 is 0 Å². The van der Waals surface area contributed by atoms with E-state index in [-0.39, 0.29) is 45.1 Å². The zero-order chi connectivity index (χ0) is 27.2. The van der Waals surface area contributed by atoms with E-state index in [4.69, 9.17) is 19.9 Å². The van der Waals surface area contributed by atoms with Crippen molar-refractivity contribution in [1.82, 2.24) is 4.98 Å². The summed E-state index contributed by atoms with van der Waals surface area (Å²) in [5, 5.41) is 27.1. The van der Waals surface area contributed by atoms with Gasteiger partial charge in [-0.25, -0.2) is 4.98 Å². The van der Waals surface area contributed by atoms with E-state index in [1.165, 1.54) is 38.7 Å². The molecule has 1 aromatic heterocycles. The summed E-state index contributed by atoms with van der Waals surface area (Å²) in [4.78, 5) is 28.3. The number of rotatable bonds is 7. The Morgan fingerprint density at radius 1 is 1.03 bits per heavy atom. The maximum Gasteiger partial charge on any atom is 0.283 e. The molecule has 194 valence electrons. The van der Waals surface area contributed by atoms with Crippen LogP contribution in [-0.4, -0.2) is 36.2 Å². The van der Waals surface area contributed by atoms with Crippen LogP contribution in [0, 0.1) is 34.1 Å². The van der Waals surface area contributed by atoms with Gasteiger partial charge in [0.05, 0.1) is 17.0 Å². The quantitative estimate of drug-likeness (QED) is 0.408. The summed E-state index contributed by atoms with van der Waals surface area (Å²) >= 11 is 1.25. The van der Waals surface area contributed by atoms with Gasteiger partial charge in [-0.3, -0.25) is 20.2 Å². The first-order chi connectivity index (χ1) is 16.7. The molecule has 1 aliphatic rings. The lowest BCUT2D eigenvalue weighted by atomic mass is 9.68. The minimum absolute atomic E-state index is 0.0218. The topological polar surface area (TPSA) is 153 Å². The molecule has 2 aromatic rings. The number of allylic oxidation sites excluding steroid dienone is 1. The highest BCUT2D eigenvalue weighted by atomic mass is 32.1. The van der Waals surface area contributed by atoms with Gasteiger partial charge in [0.25, 0.3) is 11.4 Å². The van der Waals surface area contributed by atoms with Crippen molar-refractivity contribution in [3.63, 3.8) is 0 Å². The normalized spacial score (nSPS) is 22.1. The molecule has 1 aromatic carbocycles. The summed E-state index contributed by atoms with van der Waals surface area (Å²) in [6.45, 7) is 8.21. The minimum atomic E-state index is -1.75. The Kier molecular flexibility index (Phi) is 7.01. The number of hydrogen-bond donors (Lipinski definition) is 1. The number of nitrogens with zero attached hydrogens (tertiary/aromatic N) is 3. The second kappa shape index (κ2) is 9.26. The van der Waals surface area contributed by atoms with Crippen molar-refractivity contribution >= 4 is 22.7 Å². The SMILES string of the molecule is COC1=CC(N)=CC(OC)(c2nccs2)C1(OC)c1c(C)c([N+](=O)[O-])c(C(C)(C)C)c([N+](=O)[O-])c1C. The molecular formula is C24H30N4O7S. The Hall–Kier alpha value is -3.35. The van der Waals surface area contributed by atoms with E-state index in [0.29, 0.717) is 5.01 Å². The van der Waals surface area contributed by atoms with Crippen LogP contribution < -0.4 is 5.73 Å². The van der Waals surface area contributed by atoms with Crippen LogP contribution in [0.2, 0.25) is 0 Å². The molecule has 1 heterocycles. The maximum absolute atomic E-state index is 12.5. The summed E-state index contributed by atoms with van der Waals surface area (Å²) < 4.78 is 18.1. The smallest absolute Gasteiger partial charge is 0.283 e. The van der Waals surface area contributed by atoms with Gasteiger partial charge in [-0.15, -0.1) is 11.3 Å². The molecule has 2 N–H and O–H groups in total. The van der Waals surface area contributed by atoms with Crippen LogP contribution in [0.25, 0.3) is 0 Å². The van der Waals surface area contributed by atoms with Crippen LogP contribution in [-0.2, 0) is 30.8 Å². The molecule has 0 radical (unpaired) electrons. The van der Waals surface area contributed by atoms with Crippen LogP contribution in [0.5, 0.6) is 0 Å². The van der Waals surface area contributed by atoms with Gasteiger partial charge in [0.2, 0.25) is 0 Å². The van der Waals surface area contributed by atoms with Crippen LogP contribution in [0.4, 0.5) is 11.4 Å². The average Bonchev–Trinajstić information content (AvgIpc) is 3.33. The molecule has 12 heteroatoms. The maximum atomic E-state index is 12.5. The first-order valence-corrected chi connectivity index (χ1v) is 11.8. The fraction of sp³-hybridized carbons (Fsp3) is 0.458. The number of benzene rings is 1. The van der Waals surface area contributed by atoms with Crippen molar-refractivity contribution < 1.29 is 24.1 Å². The van der Waals surface area contributed by atoms with E-state index in [9.17, 15) is 20.2 Å². The lowest BCUT2D eigenvalue weighted by Crippen LogP contribution is -2.55. The van der Waals surface area contributed by atoms with Crippen molar-refractivity contribution in [2.75, 3.05) is 21.3 Å². The van der Waals surface area contributed by atoms with E-state index in [2.05, 4.69) is 4.98 Å². The first kappa shape index (κ1) is 27.2. The van der Waals surface area contributed by atoms with E-state index in [0.717, 1.165) is 0 Å². The largest absolute Gasteiger partial charge is 0.497 e. The predicted octanol–water partition coefficient (Wildman–Crippen LogP) is 4.64. The number of aromatic nitrogens is 1. The Labute approximate surface area is 212 Å². The molecule has 0 fully saturated rings. The summed E-state index contributed by atoms with van der Waals surface area (Å²) in [7, 11) is 4.21. The molecule has 0 amide bonds. The highest BCUT2D eigenvalue weighted by Crippen LogP contribution is 2.58. The van der Waals surface area contributed by atoms with Gasteiger partial charge < -0.3 is 19.9 Å². The number of methoxy groups -OCH3 is 3. The standard InChI is InChI=1S/C24H30N4O7S/c1-13-17(14(2)20(28(31)32)18(22(3,4)5)19(13)27(29)30)24(35-8)16(33-6)11-15(25)12-23(24,34-7)21-26-9-10-36-21/h9-12H,25H2,1-8H3. The van der Waals surface area contributed by atoms with Gasteiger partial charge in [-0.1, -0.05) is 20.8 Å². The monoisotopic (exact) mass is 518 g/mol. The zero-order valence-corrected chi connectivity index (χ0v) is 22.3. The Balaban J connectivity index is 2.70. The molecule has 11 nitrogen and oxygen atoms in total. The number of nitro benzene ring substituents is 2. The minimum Gasteiger partial charge on any atom is -0.497 e. The number of ether oxygens (including phenoxy) is 3. The highest BCUT2D eigenvalue weighted by molar-refractivity contribution is 7.09. The van der Waals surface area contributed by atoms with Crippen LogP contribution in [0.15, 0.2) is 35.2 Å². The molecule has 0 aliphatic heterocycles. The lowest BCUT2D eigenvalue weighted by molar-refractivity contribution is -0.397. The van der Waals surface area contributed by atoms with Crippen LogP contribution >= 0.6 is 11.3 Å². The van der Waals surface area contributed by atoms with Crippen molar-refractivity contribution in [2.45, 2.75) is 51.2 Å². The molecule has 2 unspecified atom stereocenters. The van der Waals surface area contributed by atoms with Gasteiger partial charge in [0, 0.05) is 59.7 Å². The number of nitro groups is 2. The van der Waals surface area contributed by atoms with Crippen molar-refractivity contribution in [2.24, 2.45) is 5.73 Å². The van der Waals surface area contributed by atoms with E-state index < -0.39 is 26.5 Å². The van der Waals surface area contributed by atoms with E-state index in [1.54, 1.807) is 52.3 Å². The molecule has 0 saturated heterocycles. The fourth-order valence-corrected chi connectivity index (χ4v) is 6.12. The first-order valence-electron chi connectivity index (χ1n) is 11.0. The molecule has 1 aliphatic carbocycles. The number of hydrogen-bond acceptors (Lipinski definition) is 10. The molecule has 2 atom stereocenters. The number of nitrogens with two attached hydrogens (primary N) is 1. The van der Waals surface area contributed by atoms with E-state index in [1.807, 2.05) is 0 Å². The van der Waals surface area contributed by atoms with Gasteiger partial charge in [-0.2, -0.15) is 0 Å². The molecule has 0 saturated carbocycles. The van der Waals surface area contributed by atoms with Gasteiger partial charge in [0.15, 0.2) is 11.2 Å². The van der Waals surface area contributed by atoms with Crippen LogP contribution in [0.1, 0.15) is 48.0 Å². The third-order valence-electron chi connectivity index (χ3n) is 6.54. The zero-order valence-electron chi connectivity index (χ0n) is 21.5. The van der Waals surface area contributed by atoms with Crippen LogP contribution in [0.3, 0.4) is 0 Å². The van der Waals surface area contributed by atoms with Crippen molar-refractivity contribution in [1.29, 1.82) is 0 Å². The second-order valence-corrected chi connectivity index (χ2v) is 10.4. The van der Waals surface area contributed by atoms with Gasteiger partial charge in [0.1, 0.15) is 16.3 Å². The lowest BCUT2D eigenvalue weighted by Gasteiger charge is -2.49. The molecule has 3 rings (SSSR count). The number of thiazole rings is 1. The third-order valence-corrected chi connectivity index (χ3v) is 7.43. The Morgan fingerprint density at radius 2 is 1.58 bits per heavy atom. The summed E-state index contributed by atoms with van der Waals surface area (Å²) in [6, 6.07) is 0. The van der Waals surface area contributed by atoms with Gasteiger partial charge in [-0.05, 0) is 19.9 Å². The molecule has 0 spiro atoms. The van der Waals surface area contributed by atoms with E-state index >= 15 is 0 Å². The predicted molar refractivity (Wildman–Crippen MR) is 135 cm³/mol. The molecule has 36 heavy (non-hydrogen) atoms.